The SMILES string of the molecule is CC1CCNCC1NC(=O)CN1C(=O)NC2(CCc3ccccc32)C1=O. The molecule has 2 fully saturated rings. The van der Waals surface area contributed by atoms with Crippen LogP contribution in [0.3, 0.4) is 0 Å². The number of urea groups is 1. The topological polar surface area (TPSA) is 90.5 Å². The Kier molecular flexibility index (Phi) is 4.19. The van der Waals surface area contributed by atoms with Crippen molar-refractivity contribution in [3.63, 3.8) is 0 Å². The summed E-state index contributed by atoms with van der Waals surface area (Å²) in [5, 5.41) is 9.07. The van der Waals surface area contributed by atoms with Crippen LogP contribution in [0.4, 0.5) is 4.79 Å². The van der Waals surface area contributed by atoms with Gasteiger partial charge in [0.1, 0.15) is 12.1 Å². The fourth-order valence-electron chi connectivity index (χ4n) is 4.31. The summed E-state index contributed by atoms with van der Waals surface area (Å²) >= 11 is 0. The maximum atomic E-state index is 13.0. The Bertz CT molecular complexity index is 765. The number of nitrogens with zero attached hydrogens (tertiary/aromatic N) is 1. The van der Waals surface area contributed by atoms with Crippen molar-refractivity contribution < 1.29 is 14.4 Å². The second-order valence-electron chi connectivity index (χ2n) is 7.53. The minimum atomic E-state index is -1.01. The minimum absolute atomic E-state index is 0.0261. The number of amides is 4. The molecule has 1 aromatic carbocycles. The van der Waals surface area contributed by atoms with E-state index in [0.29, 0.717) is 18.9 Å². The Hall–Kier alpha value is -2.41. The van der Waals surface area contributed by atoms with Gasteiger partial charge in [0.15, 0.2) is 0 Å². The zero-order valence-electron chi connectivity index (χ0n) is 14.9. The largest absolute Gasteiger partial charge is 0.350 e. The van der Waals surface area contributed by atoms with Crippen molar-refractivity contribution in [1.29, 1.82) is 0 Å². The van der Waals surface area contributed by atoms with Gasteiger partial charge in [-0.1, -0.05) is 31.2 Å². The molecular weight excluding hydrogens is 332 g/mol. The molecule has 0 radical (unpaired) electrons. The van der Waals surface area contributed by atoms with Gasteiger partial charge in [-0.05, 0) is 42.9 Å². The number of carbonyl (C=O) groups excluding carboxylic acids is 3. The van der Waals surface area contributed by atoms with Gasteiger partial charge < -0.3 is 16.0 Å². The molecular formula is C19H24N4O3. The summed E-state index contributed by atoms with van der Waals surface area (Å²) in [5.74, 6) is -0.244. The van der Waals surface area contributed by atoms with Crippen LogP contribution in [0.15, 0.2) is 24.3 Å². The molecule has 26 heavy (non-hydrogen) atoms. The fraction of sp³-hybridized carbons (Fsp3) is 0.526. The number of fused-ring (bicyclic) bond motifs is 2. The van der Waals surface area contributed by atoms with Crippen LogP contribution in [0.1, 0.15) is 30.9 Å². The lowest BCUT2D eigenvalue weighted by atomic mass is 9.92. The van der Waals surface area contributed by atoms with E-state index in [2.05, 4.69) is 22.9 Å². The molecule has 3 atom stereocenters. The first-order valence-electron chi connectivity index (χ1n) is 9.24. The van der Waals surface area contributed by atoms with E-state index in [0.717, 1.165) is 35.4 Å². The molecule has 1 spiro atoms. The molecule has 4 amide bonds. The highest BCUT2D eigenvalue weighted by atomic mass is 16.2. The third kappa shape index (κ3) is 2.67. The summed E-state index contributed by atoms with van der Waals surface area (Å²) in [6.07, 6.45) is 2.28. The highest BCUT2D eigenvalue weighted by Crippen LogP contribution is 2.41. The van der Waals surface area contributed by atoms with Crippen LogP contribution in [0.25, 0.3) is 0 Å². The zero-order chi connectivity index (χ0) is 18.3. The first kappa shape index (κ1) is 17.0. The number of carbonyl (C=O) groups is 3. The standard InChI is InChI=1S/C19H24N4O3/c1-12-7-9-20-10-15(12)21-16(24)11-23-17(25)19(22-18(23)26)8-6-13-4-2-3-5-14(13)19/h2-5,12,15,20H,6-11H2,1H3,(H,21,24)(H,22,26). The van der Waals surface area contributed by atoms with Crippen LogP contribution in [0.5, 0.6) is 0 Å². The lowest BCUT2D eigenvalue weighted by molar-refractivity contribution is -0.135. The lowest BCUT2D eigenvalue weighted by Crippen LogP contribution is -2.53. The first-order valence-corrected chi connectivity index (χ1v) is 9.24. The Morgan fingerprint density at radius 1 is 1.35 bits per heavy atom. The van der Waals surface area contributed by atoms with Crippen molar-refractivity contribution in [2.75, 3.05) is 19.6 Å². The zero-order valence-corrected chi connectivity index (χ0v) is 14.9. The summed E-state index contributed by atoms with van der Waals surface area (Å²) in [6.45, 7) is 3.52. The molecule has 3 aliphatic rings. The monoisotopic (exact) mass is 356 g/mol. The van der Waals surface area contributed by atoms with Crippen LogP contribution < -0.4 is 16.0 Å². The molecule has 7 heteroatoms. The van der Waals surface area contributed by atoms with Crippen LogP contribution in [0, 0.1) is 5.92 Å². The smallest absolute Gasteiger partial charge is 0.325 e. The van der Waals surface area contributed by atoms with Crippen molar-refractivity contribution in [2.45, 2.75) is 37.8 Å². The molecule has 0 saturated carbocycles. The van der Waals surface area contributed by atoms with Crippen molar-refractivity contribution >= 4 is 17.8 Å². The van der Waals surface area contributed by atoms with Gasteiger partial charge in [-0.3, -0.25) is 14.5 Å². The van der Waals surface area contributed by atoms with Gasteiger partial charge >= 0.3 is 6.03 Å². The molecule has 1 aromatic rings. The average Bonchev–Trinajstić information content (AvgIpc) is 3.11. The van der Waals surface area contributed by atoms with Gasteiger partial charge in [-0.2, -0.15) is 0 Å². The van der Waals surface area contributed by atoms with Crippen molar-refractivity contribution in [3.05, 3.63) is 35.4 Å². The van der Waals surface area contributed by atoms with E-state index >= 15 is 0 Å². The van der Waals surface area contributed by atoms with Gasteiger partial charge in [-0.15, -0.1) is 0 Å². The third-order valence-corrected chi connectivity index (χ3v) is 5.90. The van der Waals surface area contributed by atoms with Gasteiger partial charge in [0, 0.05) is 12.6 Å². The number of imide groups is 1. The average molecular weight is 356 g/mol. The summed E-state index contributed by atoms with van der Waals surface area (Å²) in [6, 6.07) is 7.22. The maximum Gasteiger partial charge on any atom is 0.325 e. The highest BCUT2D eigenvalue weighted by molar-refractivity contribution is 6.09. The van der Waals surface area contributed by atoms with E-state index in [1.165, 1.54) is 0 Å². The summed E-state index contributed by atoms with van der Waals surface area (Å²) in [5.41, 5.74) is 0.925. The second-order valence-corrected chi connectivity index (χ2v) is 7.53. The molecule has 2 saturated heterocycles. The van der Waals surface area contributed by atoms with Crippen LogP contribution in [-0.2, 0) is 21.5 Å². The van der Waals surface area contributed by atoms with Crippen molar-refractivity contribution in [3.8, 4) is 0 Å². The molecule has 1 aliphatic carbocycles. The number of nitrogens with one attached hydrogen (secondary N) is 3. The predicted molar refractivity (Wildman–Crippen MR) is 95.3 cm³/mol. The molecule has 7 nitrogen and oxygen atoms in total. The number of aryl methyl sites for hydroxylation is 1. The number of hydrogen-bond donors (Lipinski definition) is 3. The summed E-state index contributed by atoms with van der Waals surface area (Å²) in [4.78, 5) is 39.0. The van der Waals surface area contributed by atoms with Gasteiger partial charge in [-0.25, -0.2) is 4.79 Å². The number of rotatable bonds is 3. The molecule has 4 rings (SSSR count). The van der Waals surface area contributed by atoms with Crippen molar-refractivity contribution in [2.24, 2.45) is 5.92 Å². The van der Waals surface area contributed by atoms with E-state index in [4.69, 9.17) is 0 Å². The fourth-order valence-corrected chi connectivity index (χ4v) is 4.31. The Labute approximate surface area is 152 Å². The summed E-state index contributed by atoms with van der Waals surface area (Å²) < 4.78 is 0. The Morgan fingerprint density at radius 2 is 2.15 bits per heavy atom. The third-order valence-electron chi connectivity index (χ3n) is 5.90. The van der Waals surface area contributed by atoms with Crippen LogP contribution in [0.2, 0.25) is 0 Å². The Morgan fingerprint density at radius 3 is 2.96 bits per heavy atom. The predicted octanol–water partition coefficient (Wildman–Crippen LogP) is 0.494. The van der Waals surface area contributed by atoms with Crippen LogP contribution in [-0.4, -0.2) is 48.4 Å². The lowest BCUT2D eigenvalue weighted by Gasteiger charge is -2.30. The van der Waals surface area contributed by atoms with E-state index in [1.54, 1.807) is 0 Å². The number of benzene rings is 1. The molecule has 0 aromatic heterocycles. The number of hydrogen-bond acceptors (Lipinski definition) is 4. The molecule has 0 bridgehead atoms. The molecule has 2 heterocycles. The van der Waals surface area contributed by atoms with E-state index in [9.17, 15) is 14.4 Å². The van der Waals surface area contributed by atoms with E-state index < -0.39 is 11.6 Å². The normalized spacial score (nSPS) is 30.4. The quantitative estimate of drug-likeness (QED) is 0.688. The van der Waals surface area contributed by atoms with Gasteiger partial charge in [0.05, 0.1) is 0 Å². The minimum Gasteiger partial charge on any atom is -0.350 e. The molecule has 3 N–H and O–H groups in total. The summed E-state index contributed by atoms with van der Waals surface area (Å²) in [7, 11) is 0. The molecule has 3 unspecified atom stereocenters. The molecule has 2 aliphatic heterocycles. The van der Waals surface area contributed by atoms with Crippen LogP contribution >= 0.6 is 0 Å². The first-order chi connectivity index (χ1) is 12.5. The number of piperidine rings is 1. The highest BCUT2D eigenvalue weighted by Gasteiger charge is 2.55. The van der Waals surface area contributed by atoms with Crippen molar-refractivity contribution in [1.82, 2.24) is 20.9 Å². The van der Waals surface area contributed by atoms with Gasteiger partial charge in [0.2, 0.25) is 5.91 Å². The van der Waals surface area contributed by atoms with Gasteiger partial charge in [0.25, 0.3) is 5.91 Å². The van der Waals surface area contributed by atoms with E-state index in [-0.39, 0.29) is 24.4 Å². The van der Waals surface area contributed by atoms with E-state index in [1.807, 2.05) is 24.3 Å². The Balaban J connectivity index is 1.48. The maximum absolute atomic E-state index is 13.0. The molecule has 138 valence electrons. The second kappa shape index (κ2) is 6.39.